The van der Waals surface area contributed by atoms with Crippen LogP contribution in [0.2, 0.25) is 5.02 Å². The van der Waals surface area contributed by atoms with Crippen LogP contribution in [0.15, 0.2) is 53.7 Å². The van der Waals surface area contributed by atoms with E-state index in [2.05, 4.69) is 20.8 Å². The van der Waals surface area contributed by atoms with E-state index in [9.17, 15) is 14.4 Å². The summed E-state index contributed by atoms with van der Waals surface area (Å²) in [5.41, 5.74) is 1.02. The number of carboxylic acids is 1. The summed E-state index contributed by atoms with van der Waals surface area (Å²) in [6.07, 6.45) is 0.639. The van der Waals surface area contributed by atoms with Crippen LogP contribution >= 0.6 is 23.4 Å². The largest absolute Gasteiger partial charge is 0.478 e. The Kier molecular flexibility index (Phi) is 8.89. The summed E-state index contributed by atoms with van der Waals surface area (Å²) in [7, 11) is 1.79. The standard InChI is InChI=1S/C24H26ClN5O4S/c1-14(2)12-19(27-22(32)17-6-4-5-7-18(17)25)21-28-29-24(30(21)3)35-13-20(31)26-16-10-8-15(9-11-16)23(33)34/h4-11,14,19H,12-13H2,1-3H3,(H,26,31)(H,27,32)(H,33,34)/t19-/m1/s1. The number of nitrogens with zero attached hydrogens (tertiary/aromatic N) is 3. The molecule has 1 atom stereocenters. The Balaban J connectivity index is 1.66. The third-order valence-corrected chi connectivity index (χ3v) is 6.41. The van der Waals surface area contributed by atoms with Crippen molar-refractivity contribution in [3.8, 4) is 0 Å². The average Bonchev–Trinajstić information content (AvgIpc) is 3.17. The Bertz CT molecular complexity index is 1210. The lowest BCUT2D eigenvalue weighted by Crippen LogP contribution is -2.31. The number of aromatic nitrogens is 3. The van der Waals surface area contributed by atoms with Gasteiger partial charge in [0.05, 0.1) is 27.9 Å². The van der Waals surface area contributed by atoms with Gasteiger partial charge in [0.1, 0.15) is 0 Å². The van der Waals surface area contributed by atoms with Crippen molar-refractivity contribution in [1.29, 1.82) is 0 Å². The van der Waals surface area contributed by atoms with E-state index in [0.29, 0.717) is 33.7 Å². The second-order valence-electron chi connectivity index (χ2n) is 8.25. The van der Waals surface area contributed by atoms with Gasteiger partial charge in [0.15, 0.2) is 11.0 Å². The number of anilines is 1. The minimum absolute atomic E-state index is 0.0769. The molecule has 0 saturated heterocycles. The maximum atomic E-state index is 12.9. The number of halogens is 1. The first-order valence-corrected chi connectivity index (χ1v) is 12.2. The Morgan fingerprint density at radius 1 is 1.09 bits per heavy atom. The number of hydrogen-bond acceptors (Lipinski definition) is 6. The second kappa shape index (κ2) is 11.9. The van der Waals surface area contributed by atoms with Crippen molar-refractivity contribution in [3.63, 3.8) is 0 Å². The molecule has 0 radical (unpaired) electrons. The SMILES string of the molecule is CC(C)C[C@@H](NC(=O)c1ccccc1Cl)c1nnc(SCC(=O)Nc2ccc(C(=O)O)cc2)n1C. The molecular formula is C24H26ClN5O4S. The van der Waals surface area contributed by atoms with Crippen molar-refractivity contribution in [1.82, 2.24) is 20.1 Å². The zero-order chi connectivity index (χ0) is 25.5. The average molecular weight is 516 g/mol. The van der Waals surface area contributed by atoms with Crippen molar-refractivity contribution in [3.05, 3.63) is 70.5 Å². The van der Waals surface area contributed by atoms with Crippen molar-refractivity contribution in [2.45, 2.75) is 31.5 Å². The first-order chi connectivity index (χ1) is 16.7. The first kappa shape index (κ1) is 26.2. The fourth-order valence-corrected chi connectivity index (χ4v) is 4.30. The van der Waals surface area contributed by atoms with Crippen LogP contribution < -0.4 is 10.6 Å². The molecule has 0 spiro atoms. The lowest BCUT2D eigenvalue weighted by molar-refractivity contribution is -0.113. The van der Waals surface area contributed by atoms with Gasteiger partial charge in [-0.2, -0.15) is 0 Å². The van der Waals surface area contributed by atoms with E-state index in [-0.39, 0.29) is 29.0 Å². The van der Waals surface area contributed by atoms with Gasteiger partial charge >= 0.3 is 5.97 Å². The molecular weight excluding hydrogens is 490 g/mol. The van der Waals surface area contributed by atoms with Crippen LogP contribution in [0.4, 0.5) is 5.69 Å². The van der Waals surface area contributed by atoms with Gasteiger partial charge in [0.25, 0.3) is 5.91 Å². The number of aromatic carboxylic acids is 1. The molecule has 9 nitrogen and oxygen atoms in total. The summed E-state index contributed by atoms with van der Waals surface area (Å²) in [4.78, 5) is 36.2. The molecule has 0 bridgehead atoms. The second-order valence-corrected chi connectivity index (χ2v) is 9.60. The fraction of sp³-hybridized carbons (Fsp3) is 0.292. The van der Waals surface area contributed by atoms with Gasteiger partial charge < -0.3 is 20.3 Å². The van der Waals surface area contributed by atoms with E-state index in [1.165, 1.54) is 36.0 Å². The van der Waals surface area contributed by atoms with Gasteiger partial charge in [0.2, 0.25) is 5.91 Å². The summed E-state index contributed by atoms with van der Waals surface area (Å²) in [5, 5.41) is 24.1. The number of amides is 2. The first-order valence-electron chi connectivity index (χ1n) is 10.9. The van der Waals surface area contributed by atoms with Crippen molar-refractivity contribution in [2.75, 3.05) is 11.1 Å². The number of carbonyl (C=O) groups is 3. The Morgan fingerprint density at radius 2 is 1.77 bits per heavy atom. The van der Waals surface area contributed by atoms with Gasteiger partial charge in [-0.25, -0.2) is 4.79 Å². The van der Waals surface area contributed by atoms with Gasteiger partial charge in [0, 0.05) is 12.7 Å². The number of benzene rings is 2. The van der Waals surface area contributed by atoms with Crippen LogP contribution in [0, 0.1) is 5.92 Å². The summed E-state index contributed by atoms with van der Waals surface area (Å²) < 4.78 is 1.76. The van der Waals surface area contributed by atoms with Crippen LogP contribution in [-0.2, 0) is 11.8 Å². The zero-order valence-electron chi connectivity index (χ0n) is 19.5. The van der Waals surface area contributed by atoms with Crippen LogP contribution in [0.3, 0.4) is 0 Å². The molecule has 3 rings (SSSR count). The number of carbonyl (C=O) groups excluding carboxylic acids is 2. The molecule has 184 valence electrons. The van der Waals surface area contributed by atoms with E-state index in [1.54, 1.807) is 35.9 Å². The molecule has 0 fully saturated rings. The maximum Gasteiger partial charge on any atom is 0.335 e. The number of thioether (sulfide) groups is 1. The van der Waals surface area contributed by atoms with E-state index < -0.39 is 12.0 Å². The summed E-state index contributed by atoms with van der Waals surface area (Å²) in [6.45, 7) is 4.10. The molecule has 11 heteroatoms. The van der Waals surface area contributed by atoms with Crippen LogP contribution in [0.5, 0.6) is 0 Å². The predicted octanol–water partition coefficient (Wildman–Crippen LogP) is 4.41. The topological polar surface area (TPSA) is 126 Å². The molecule has 0 saturated carbocycles. The normalized spacial score (nSPS) is 11.8. The molecule has 35 heavy (non-hydrogen) atoms. The van der Waals surface area contributed by atoms with Crippen LogP contribution in [-0.4, -0.2) is 43.4 Å². The summed E-state index contributed by atoms with van der Waals surface area (Å²) in [6, 6.07) is 12.4. The molecule has 1 aromatic heterocycles. The van der Waals surface area contributed by atoms with Gasteiger partial charge in [-0.1, -0.05) is 49.3 Å². The Morgan fingerprint density at radius 3 is 2.40 bits per heavy atom. The lowest BCUT2D eigenvalue weighted by Gasteiger charge is -2.20. The summed E-state index contributed by atoms with van der Waals surface area (Å²) >= 11 is 7.39. The number of nitrogens with one attached hydrogen (secondary N) is 2. The van der Waals surface area contributed by atoms with E-state index in [0.717, 1.165) is 0 Å². The van der Waals surface area contributed by atoms with Crippen molar-refractivity contribution in [2.24, 2.45) is 13.0 Å². The smallest absolute Gasteiger partial charge is 0.335 e. The number of rotatable bonds is 10. The molecule has 3 aromatic rings. The monoisotopic (exact) mass is 515 g/mol. The molecule has 2 amide bonds. The van der Waals surface area contributed by atoms with E-state index >= 15 is 0 Å². The minimum Gasteiger partial charge on any atom is -0.478 e. The molecule has 0 unspecified atom stereocenters. The highest BCUT2D eigenvalue weighted by atomic mass is 35.5. The number of hydrogen-bond donors (Lipinski definition) is 3. The molecule has 0 aliphatic rings. The Hall–Kier alpha value is -3.37. The van der Waals surface area contributed by atoms with Gasteiger partial charge in [-0.15, -0.1) is 10.2 Å². The predicted molar refractivity (Wildman–Crippen MR) is 135 cm³/mol. The van der Waals surface area contributed by atoms with E-state index in [4.69, 9.17) is 16.7 Å². The van der Waals surface area contributed by atoms with Crippen LogP contribution in [0.1, 0.15) is 52.9 Å². The highest BCUT2D eigenvalue weighted by Gasteiger charge is 2.24. The quantitative estimate of drug-likeness (QED) is 0.341. The minimum atomic E-state index is -1.03. The van der Waals surface area contributed by atoms with Gasteiger partial charge in [-0.3, -0.25) is 9.59 Å². The Labute approximate surface area is 212 Å². The lowest BCUT2D eigenvalue weighted by atomic mass is 10.0. The molecule has 0 aliphatic carbocycles. The molecule has 0 aliphatic heterocycles. The zero-order valence-corrected chi connectivity index (χ0v) is 21.1. The third kappa shape index (κ3) is 7.06. The highest BCUT2D eigenvalue weighted by Crippen LogP contribution is 2.25. The highest BCUT2D eigenvalue weighted by molar-refractivity contribution is 7.99. The maximum absolute atomic E-state index is 12.9. The fourth-order valence-electron chi connectivity index (χ4n) is 3.36. The molecule has 1 heterocycles. The third-order valence-electron chi connectivity index (χ3n) is 5.06. The van der Waals surface area contributed by atoms with Crippen LogP contribution in [0.25, 0.3) is 0 Å². The molecule has 3 N–H and O–H groups in total. The number of carboxylic acid groups (broad SMARTS) is 1. The van der Waals surface area contributed by atoms with Gasteiger partial charge in [-0.05, 0) is 48.7 Å². The summed E-state index contributed by atoms with van der Waals surface area (Å²) in [5.74, 6) is -0.674. The molecule has 2 aromatic carbocycles. The van der Waals surface area contributed by atoms with E-state index in [1.807, 2.05) is 13.8 Å². The van der Waals surface area contributed by atoms with Crippen molar-refractivity contribution >= 4 is 46.8 Å². The van der Waals surface area contributed by atoms with Crippen molar-refractivity contribution < 1.29 is 19.5 Å².